The molecule has 3 N–H and O–H groups in total. The molecule has 1 amide bonds. The van der Waals surface area contributed by atoms with Crippen molar-refractivity contribution < 1.29 is 19.4 Å². The molecule has 8 nitrogen and oxygen atoms in total. The van der Waals surface area contributed by atoms with E-state index in [9.17, 15) is 19.4 Å². The number of nitrogens with zero attached hydrogens (tertiary/aromatic N) is 4. The van der Waals surface area contributed by atoms with Crippen LogP contribution < -0.4 is 5.32 Å². The van der Waals surface area contributed by atoms with Crippen LogP contribution in [0.5, 0.6) is 0 Å². The molecular weight excluding hydrogens is 445 g/mol. The zero-order chi connectivity index (χ0) is 23.1. The molecule has 2 aliphatic heterocycles. The Morgan fingerprint density at radius 3 is 2.94 bits per heavy atom. The third-order valence-electron chi connectivity index (χ3n) is 8.22. The Labute approximate surface area is 194 Å². The summed E-state index contributed by atoms with van der Waals surface area (Å²) in [6.07, 6.45) is 4.36. The summed E-state index contributed by atoms with van der Waals surface area (Å²) in [5.74, 6) is -1.15. The molecule has 6 rings (SSSR count). The molecule has 33 heavy (non-hydrogen) atoms. The molecule has 2 aliphatic carbocycles. The minimum absolute atomic E-state index is 0.0937. The molecule has 3 fully saturated rings. The van der Waals surface area contributed by atoms with Gasteiger partial charge in [0, 0.05) is 46.4 Å². The van der Waals surface area contributed by atoms with Gasteiger partial charge >= 0.3 is 0 Å². The average molecular weight is 470 g/mol. The number of anilines is 1. The molecule has 4 atom stereocenters. The predicted molar refractivity (Wildman–Crippen MR) is 118 cm³/mol. The normalized spacial score (nSPS) is 31.4. The summed E-state index contributed by atoms with van der Waals surface area (Å²) in [6, 6.07) is 4.75. The van der Waals surface area contributed by atoms with E-state index in [-0.39, 0.29) is 41.4 Å². The van der Waals surface area contributed by atoms with Gasteiger partial charge in [-0.2, -0.15) is 9.65 Å². The van der Waals surface area contributed by atoms with Crippen molar-refractivity contribution in [3.8, 4) is 6.07 Å². The number of fused-ring (bicyclic) bond motifs is 1. The SMILES string of the molecule is Cc1c(SN2C3CCC34C2CC4(O)CO)c2n(c1C(=O)Nc1cc(F)nc(C#N)c1)CCC2. The number of nitriles is 1. The van der Waals surface area contributed by atoms with Crippen LogP contribution >= 0.6 is 11.9 Å². The van der Waals surface area contributed by atoms with E-state index in [4.69, 9.17) is 5.26 Å². The number of hydrogen-bond donors (Lipinski definition) is 3. The lowest BCUT2D eigenvalue weighted by Gasteiger charge is -2.81. The van der Waals surface area contributed by atoms with Gasteiger partial charge in [-0.05, 0) is 62.6 Å². The number of carbonyl (C=O) groups is 1. The fourth-order valence-electron chi connectivity index (χ4n) is 6.55. The topological polar surface area (TPSA) is 114 Å². The third kappa shape index (κ3) is 2.62. The van der Waals surface area contributed by atoms with E-state index in [1.54, 1.807) is 18.0 Å². The van der Waals surface area contributed by atoms with Crippen LogP contribution in [0.4, 0.5) is 10.1 Å². The Morgan fingerprint density at radius 1 is 1.45 bits per heavy atom. The van der Waals surface area contributed by atoms with Gasteiger partial charge in [0.05, 0.1) is 12.2 Å². The van der Waals surface area contributed by atoms with Crippen LogP contribution in [0.25, 0.3) is 0 Å². The van der Waals surface area contributed by atoms with Gasteiger partial charge in [-0.25, -0.2) is 9.29 Å². The molecular formula is C23H24FN5O3S. The highest BCUT2D eigenvalue weighted by molar-refractivity contribution is 7.97. The predicted octanol–water partition coefficient (Wildman–Crippen LogP) is 2.37. The van der Waals surface area contributed by atoms with Crippen molar-refractivity contribution in [2.24, 2.45) is 5.41 Å². The lowest BCUT2D eigenvalue weighted by molar-refractivity contribution is -0.348. The van der Waals surface area contributed by atoms with Crippen LogP contribution in [0, 0.1) is 29.6 Å². The molecule has 10 heteroatoms. The Kier molecular flexibility index (Phi) is 4.49. The highest BCUT2D eigenvalue weighted by Crippen LogP contribution is 2.74. The number of amides is 1. The summed E-state index contributed by atoms with van der Waals surface area (Å²) in [7, 11) is 0. The third-order valence-corrected chi connectivity index (χ3v) is 9.67. The molecule has 4 unspecified atom stereocenters. The lowest BCUT2D eigenvalue weighted by Crippen LogP contribution is -2.90. The molecule has 0 bridgehead atoms. The maximum absolute atomic E-state index is 13.7. The second-order valence-corrected chi connectivity index (χ2v) is 10.6. The fourth-order valence-corrected chi connectivity index (χ4v) is 8.12. The van der Waals surface area contributed by atoms with Gasteiger partial charge in [-0.3, -0.25) is 4.79 Å². The molecule has 172 valence electrons. The molecule has 0 radical (unpaired) electrons. The summed E-state index contributed by atoms with van der Waals surface area (Å²) < 4.78 is 18.1. The van der Waals surface area contributed by atoms with Gasteiger partial charge in [-0.15, -0.1) is 0 Å². The van der Waals surface area contributed by atoms with E-state index in [1.165, 1.54) is 6.07 Å². The molecule has 2 aromatic rings. The van der Waals surface area contributed by atoms with Crippen molar-refractivity contribution in [3.63, 3.8) is 0 Å². The van der Waals surface area contributed by atoms with E-state index < -0.39 is 11.5 Å². The molecule has 2 aromatic heterocycles. The Bertz CT molecular complexity index is 1230. The first-order valence-corrected chi connectivity index (χ1v) is 12.0. The first-order chi connectivity index (χ1) is 15.8. The quantitative estimate of drug-likeness (QED) is 0.455. The minimum atomic E-state index is -0.956. The number of halogens is 1. The first-order valence-electron chi connectivity index (χ1n) is 11.2. The monoisotopic (exact) mass is 469 g/mol. The number of piperidine rings is 2. The van der Waals surface area contributed by atoms with Crippen molar-refractivity contribution in [1.29, 1.82) is 5.26 Å². The summed E-state index contributed by atoms with van der Waals surface area (Å²) >= 11 is 1.67. The second-order valence-electron chi connectivity index (χ2n) is 9.59. The summed E-state index contributed by atoms with van der Waals surface area (Å²) in [6.45, 7) is 2.50. The zero-order valence-electron chi connectivity index (χ0n) is 18.1. The van der Waals surface area contributed by atoms with Crippen LogP contribution in [0.1, 0.15) is 53.1 Å². The van der Waals surface area contributed by atoms with Crippen LogP contribution in [-0.2, 0) is 13.0 Å². The smallest absolute Gasteiger partial charge is 0.272 e. The number of carbonyl (C=O) groups excluding carboxylic acids is 1. The molecule has 2 saturated carbocycles. The number of hydrogen-bond acceptors (Lipinski definition) is 7. The van der Waals surface area contributed by atoms with Gasteiger partial charge in [0.1, 0.15) is 17.5 Å². The van der Waals surface area contributed by atoms with Crippen LogP contribution in [-0.4, -0.2) is 54.3 Å². The number of aliphatic hydroxyl groups excluding tert-OH is 1. The molecule has 1 spiro atoms. The Hall–Kier alpha value is -2.45. The number of aliphatic hydroxyl groups is 2. The first kappa shape index (κ1) is 21.1. The molecule has 0 aromatic carbocycles. The minimum Gasteiger partial charge on any atom is -0.393 e. The number of nitrogens with one attached hydrogen (secondary N) is 1. The molecule has 4 heterocycles. The summed E-state index contributed by atoms with van der Waals surface area (Å²) in [5.41, 5.74) is 1.56. The van der Waals surface area contributed by atoms with E-state index in [2.05, 4.69) is 14.6 Å². The second kappa shape index (κ2) is 7.03. The van der Waals surface area contributed by atoms with E-state index in [0.29, 0.717) is 12.1 Å². The van der Waals surface area contributed by atoms with Crippen molar-refractivity contribution in [2.75, 3.05) is 11.9 Å². The standard InChI is InChI=1S/C23H24FN5O3S/c1-12-19(21(31)27-13-7-14(10-25)26-18(24)8-13)28-6-2-3-15(28)20(12)33-29-16-4-5-23(16)17(29)9-22(23,32)11-30/h7-8,16-17,30,32H,2-6,9,11H2,1H3,(H,26,27,31). The lowest BCUT2D eigenvalue weighted by atomic mass is 9.37. The van der Waals surface area contributed by atoms with Crippen molar-refractivity contribution in [3.05, 3.63) is 40.7 Å². The Morgan fingerprint density at radius 2 is 2.27 bits per heavy atom. The molecule has 1 saturated heterocycles. The van der Waals surface area contributed by atoms with Gasteiger partial charge in [0.15, 0.2) is 0 Å². The van der Waals surface area contributed by atoms with Crippen molar-refractivity contribution in [1.82, 2.24) is 13.9 Å². The van der Waals surface area contributed by atoms with E-state index in [0.717, 1.165) is 54.4 Å². The maximum atomic E-state index is 13.7. The summed E-state index contributed by atoms with van der Waals surface area (Å²) in [4.78, 5) is 17.8. The highest BCUT2D eigenvalue weighted by atomic mass is 32.2. The van der Waals surface area contributed by atoms with Crippen molar-refractivity contribution in [2.45, 2.75) is 68.2 Å². The number of rotatable bonds is 5. The van der Waals surface area contributed by atoms with Gasteiger partial charge in [0.25, 0.3) is 5.91 Å². The van der Waals surface area contributed by atoms with Crippen molar-refractivity contribution >= 4 is 23.5 Å². The average Bonchev–Trinajstić information content (AvgIpc) is 3.31. The van der Waals surface area contributed by atoms with Crippen LogP contribution in [0.2, 0.25) is 0 Å². The van der Waals surface area contributed by atoms with Crippen LogP contribution in [0.3, 0.4) is 0 Å². The maximum Gasteiger partial charge on any atom is 0.272 e. The Balaban J connectivity index is 1.27. The molecule has 4 aliphatic rings. The van der Waals surface area contributed by atoms with Gasteiger partial charge < -0.3 is 20.1 Å². The zero-order valence-corrected chi connectivity index (χ0v) is 19.0. The summed E-state index contributed by atoms with van der Waals surface area (Å²) in [5, 5.41) is 32.2. The van der Waals surface area contributed by atoms with E-state index >= 15 is 0 Å². The highest BCUT2D eigenvalue weighted by Gasteiger charge is 2.81. The van der Waals surface area contributed by atoms with Crippen LogP contribution in [0.15, 0.2) is 17.0 Å². The fraction of sp³-hybridized carbons (Fsp3) is 0.522. The number of pyridine rings is 1. The van der Waals surface area contributed by atoms with Gasteiger partial charge in [-0.1, -0.05) is 0 Å². The largest absolute Gasteiger partial charge is 0.393 e. The number of aromatic nitrogens is 2. The van der Waals surface area contributed by atoms with Gasteiger partial charge in [0.2, 0.25) is 5.95 Å². The van der Waals surface area contributed by atoms with E-state index in [1.807, 2.05) is 11.5 Å².